The average Bonchev–Trinajstić information content (AvgIpc) is 2.53. The van der Waals surface area contributed by atoms with E-state index in [-0.39, 0.29) is 23.8 Å². The smallest absolute Gasteiger partial charge is 0.387 e. The summed E-state index contributed by atoms with van der Waals surface area (Å²) in [5.41, 5.74) is 0.878. The zero-order chi connectivity index (χ0) is 18.2. The first-order chi connectivity index (χ1) is 11.3. The molecule has 0 spiro atoms. The Bertz CT molecular complexity index is 634. The number of nitrogens with one attached hydrogen (secondary N) is 1. The number of alkyl halides is 2. The van der Waals surface area contributed by atoms with Gasteiger partial charge in [-0.05, 0) is 17.7 Å². The predicted molar refractivity (Wildman–Crippen MR) is 90.2 cm³/mol. The molecule has 24 heavy (non-hydrogen) atoms. The lowest BCUT2D eigenvalue weighted by Crippen LogP contribution is -2.40. The Balaban J connectivity index is 2.56. The molecule has 0 aliphatic rings. The topological polar surface area (TPSA) is 71.0 Å². The van der Waals surface area contributed by atoms with E-state index in [0.29, 0.717) is 12.5 Å². The minimum Gasteiger partial charge on any atom is -0.435 e. The van der Waals surface area contributed by atoms with Gasteiger partial charge in [-0.25, -0.2) is 8.42 Å². The van der Waals surface area contributed by atoms with Gasteiger partial charge in [-0.3, -0.25) is 4.99 Å². The molecule has 1 N–H and O–H groups in total. The monoisotopic (exact) mass is 363 g/mol. The van der Waals surface area contributed by atoms with Gasteiger partial charge in [0.15, 0.2) is 15.8 Å². The van der Waals surface area contributed by atoms with Crippen LogP contribution in [0.5, 0.6) is 5.75 Å². The van der Waals surface area contributed by atoms with Crippen molar-refractivity contribution < 1.29 is 21.9 Å². The van der Waals surface area contributed by atoms with E-state index in [1.54, 1.807) is 33.2 Å². The van der Waals surface area contributed by atoms with Crippen molar-refractivity contribution in [2.24, 2.45) is 4.99 Å². The molecule has 0 bridgehead atoms. The molecule has 0 unspecified atom stereocenters. The second-order valence-electron chi connectivity index (χ2n) is 5.09. The van der Waals surface area contributed by atoms with Crippen LogP contribution in [0.1, 0.15) is 12.5 Å². The van der Waals surface area contributed by atoms with E-state index in [9.17, 15) is 17.2 Å². The summed E-state index contributed by atoms with van der Waals surface area (Å²) in [6.45, 7) is -0.484. The first-order valence-corrected chi connectivity index (χ1v) is 9.25. The number of hydrogen-bond donors (Lipinski definition) is 1. The number of sulfone groups is 1. The molecule has 0 fully saturated rings. The van der Waals surface area contributed by atoms with Gasteiger partial charge < -0.3 is 15.0 Å². The van der Waals surface area contributed by atoms with Gasteiger partial charge in [0, 0.05) is 32.9 Å². The molecule has 0 amide bonds. The Hall–Kier alpha value is -1.90. The van der Waals surface area contributed by atoms with Crippen LogP contribution < -0.4 is 10.1 Å². The number of hydrogen-bond acceptors (Lipinski definition) is 4. The highest BCUT2D eigenvalue weighted by Gasteiger charge is 2.10. The van der Waals surface area contributed by atoms with Crippen LogP contribution in [0.4, 0.5) is 8.78 Å². The first-order valence-electron chi connectivity index (χ1n) is 7.43. The lowest BCUT2D eigenvalue weighted by atomic mass is 10.2. The van der Waals surface area contributed by atoms with E-state index >= 15 is 0 Å². The maximum absolute atomic E-state index is 12.1. The molecule has 136 valence electrons. The van der Waals surface area contributed by atoms with Crippen molar-refractivity contribution in [2.45, 2.75) is 20.1 Å². The van der Waals surface area contributed by atoms with E-state index in [0.717, 1.165) is 5.56 Å². The molecule has 1 aromatic rings. The largest absolute Gasteiger partial charge is 0.435 e. The van der Waals surface area contributed by atoms with E-state index in [1.165, 1.54) is 12.1 Å². The SMILES string of the molecule is CCS(=O)(=O)CCNC(=NC)N(C)Cc1ccc(OC(F)F)cc1. The number of nitrogens with zero attached hydrogens (tertiary/aromatic N) is 2. The molecule has 0 saturated heterocycles. The maximum Gasteiger partial charge on any atom is 0.387 e. The zero-order valence-electron chi connectivity index (χ0n) is 14.0. The van der Waals surface area contributed by atoms with Crippen LogP contribution in [-0.4, -0.2) is 58.0 Å². The van der Waals surface area contributed by atoms with E-state index in [4.69, 9.17) is 0 Å². The van der Waals surface area contributed by atoms with Gasteiger partial charge in [0.05, 0.1) is 5.75 Å². The Morgan fingerprint density at radius 1 is 1.33 bits per heavy atom. The first kappa shape index (κ1) is 20.1. The molecule has 0 aliphatic carbocycles. The number of ether oxygens (including phenoxy) is 1. The van der Waals surface area contributed by atoms with Crippen molar-refractivity contribution in [3.63, 3.8) is 0 Å². The molecule has 9 heteroatoms. The van der Waals surface area contributed by atoms with Gasteiger partial charge in [-0.15, -0.1) is 0 Å². The van der Waals surface area contributed by atoms with E-state index < -0.39 is 16.4 Å². The van der Waals surface area contributed by atoms with Gasteiger partial charge in [-0.2, -0.15) is 8.78 Å². The lowest BCUT2D eigenvalue weighted by molar-refractivity contribution is -0.0498. The Morgan fingerprint density at radius 2 is 1.96 bits per heavy atom. The summed E-state index contributed by atoms with van der Waals surface area (Å²) in [6.07, 6.45) is 0. The van der Waals surface area contributed by atoms with Gasteiger partial charge in [0.2, 0.25) is 0 Å². The summed E-state index contributed by atoms with van der Waals surface area (Å²) < 4.78 is 51.5. The van der Waals surface area contributed by atoms with E-state index in [1.807, 2.05) is 4.90 Å². The fourth-order valence-electron chi connectivity index (χ4n) is 1.97. The highest BCUT2D eigenvalue weighted by atomic mass is 32.2. The van der Waals surface area contributed by atoms with Gasteiger partial charge in [-0.1, -0.05) is 19.1 Å². The van der Waals surface area contributed by atoms with Crippen LogP contribution in [0.2, 0.25) is 0 Å². The minimum absolute atomic E-state index is 0.0377. The predicted octanol–water partition coefficient (Wildman–Crippen LogP) is 1.73. The van der Waals surface area contributed by atoms with Crippen LogP contribution in [0.25, 0.3) is 0 Å². The molecular weight excluding hydrogens is 340 g/mol. The van der Waals surface area contributed by atoms with Crippen molar-refractivity contribution in [3.05, 3.63) is 29.8 Å². The van der Waals surface area contributed by atoms with Gasteiger partial charge in [0.1, 0.15) is 5.75 Å². The van der Waals surface area contributed by atoms with Crippen molar-refractivity contribution in [2.75, 3.05) is 32.1 Å². The molecule has 0 heterocycles. The third-order valence-electron chi connectivity index (χ3n) is 3.28. The van der Waals surface area contributed by atoms with Crippen LogP contribution in [0, 0.1) is 0 Å². The number of benzene rings is 1. The normalized spacial score (nSPS) is 12.3. The van der Waals surface area contributed by atoms with Crippen LogP contribution in [-0.2, 0) is 16.4 Å². The third kappa shape index (κ3) is 7.12. The zero-order valence-corrected chi connectivity index (χ0v) is 14.8. The average molecular weight is 363 g/mol. The minimum atomic E-state index is -3.03. The summed E-state index contributed by atoms with van der Waals surface area (Å²) in [5.74, 6) is 0.796. The fraction of sp³-hybridized carbons (Fsp3) is 0.533. The number of rotatable bonds is 8. The maximum atomic E-state index is 12.1. The summed E-state index contributed by atoms with van der Waals surface area (Å²) >= 11 is 0. The second-order valence-corrected chi connectivity index (χ2v) is 7.56. The number of aliphatic imine (C=N–C) groups is 1. The van der Waals surface area contributed by atoms with Crippen molar-refractivity contribution in [1.82, 2.24) is 10.2 Å². The van der Waals surface area contributed by atoms with Crippen molar-refractivity contribution >= 4 is 15.8 Å². The standard InChI is InChI=1S/C15H23F2N3O3S/c1-4-24(21,22)10-9-19-15(18-2)20(3)11-12-5-7-13(8-6-12)23-14(16)17/h5-8,14H,4,9-11H2,1-3H3,(H,18,19). The highest BCUT2D eigenvalue weighted by molar-refractivity contribution is 7.91. The Kier molecular flexibility index (Phi) is 7.90. The second kappa shape index (κ2) is 9.41. The van der Waals surface area contributed by atoms with Crippen LogP contribution in [0.15, 0.2) is 29.3 Å². The van der Waals surface area contributed by atoms with Crippen molar-refractivity contribution in [3.8, 4) is 5.75 Å². The molecule has 0 aliphatic heterocycles. The lowest BCUT2D eigenvalue weighted by Gasteiger charge is -2.22. The van der Waals surface area contributed by atoms with E-state index in [2.05, 4.69) is 15.0 Å². The summed E-state index contributed by atoms with van der Waals surface area (Å²) in [7, 11) is 0.369. The Labute approximate surface area is 141 Å². The molecule has 1 aromatic carbocycles. The van der Waals surface area contributed by atoms with Gasteiger partial charge >= 0.3 is 6.61 Å². The Morgan fingerprint density at radius 3 is 2.46 bits per heavy atom. The molecule has 6 nitrogen and oxygen atoms in total. The third-order valence-corrected chi connectivity index (χ3v) is 4.98. The highest BCUT2D eigenvalue weighted by Crippen LogP contribution is 2.15. The molecule has 1 rings (SSSR count). The van der Waals surface area contributed by atoms with Gasteiger partial charge in [0.25, 0.3) is 0 Å². The van der Waals surface area contributed by atoms with Crippen LogP contribution in [0.3, 0.4) is 0 Å². The molecule has 0 atom stereocenters. The fourth-order valence-corrected chi connectivity index (χ4v) is 2.67. The number of guanidine groups is 1. The molecule has 0 saturated carbocycles. The summed E-state index contributed by atoms with van der Waals surface area (Å²) in [6, 6.07) is 6.31. The quantitative estimate of drug-likeness (QED) is 0.563. The summed E-state index contributed by atoms with van der Waals surface area (Å²) in [5, 5.41) is 2.99. The van der Waals surface area contributed by atoms with Crippen molar-refractivity contribution in [1.29, 1.82) is 0 Å². The summed E-state index contributed by atoms with van der Waals surface area (Å²) in [4.78, 5) is 5.91. The molecular formula is C15H23F2N3O3S. The molecule has 0 radical (unpaired) electrons. The van der Waals surface area contributed by atoms with Crippen LogP contribution >= 0.6 is 0 Å². The molecule has 0 aromatic heterocycles. The number of halogens is 2.